The molecule has 0 radical (unpaired) electrons. The number of hydrogen-bond donors (Lipinski definition) is 1. The van der Waals surface area contributed by atoms with Crippen LogP contribution < -0.4 is 5.32 Å². The Kier molecular flexibility index (Phi) is 6.74. The lowest BCUT2D eigenvalue weighted by Gasteiger charge is -2.33. The highest BCUT2D eigenvalue weighted by atomic mass is 32.1. The summed E-state index contributed by atoms with van der Waals surface area (Å²) in [5, 5.41) is 6.90. The van der Waals surface area contributed by atoms with Gasteiger partial charge in [0.1, 0.15) is 10.6 Å². The number of halogens is 3. The highest BCUT2D eigenvalue weighted by Gasteiger charge is 2.37. The number of carbonyl (C=O) groups is 2. The molecule has 4 aromatic rings. The standard InChI is InChI=1S/C28H27F3N4O3S/c1-27(2,3)16-10-11-17-20(12-16)39-25(22(17)26(37)38-4)34-24(36)18-14-32-35-21(28(29,30)31)13-19(33-23(18)35)15-8-6-5-7-9-15/h5-9,13-14,16H,10-12H2,1-4H3,(H,34,36)/t16-/m1/s1. The smallest absolute Gasteiger partial charge is 0.433 e. The van der Waals surface area contributed by atoms with Crippen LogP contribution in [0.4, 0.5) is 18.2 Å². The number of amides is 1. The molecule has 0 saturated carbocycles. The summed E-state index contributed by atoms with van der Waals surface area (Å²) in [5.41, 5.74) is 0.301. The van der Waals surface area contributed by atoms with Crippen molar-refractivity contribution in [3.8, 4) is 11.3 Å². The minimum Gasteiger partial charge on any atom is -0.465 e. The number of alkyl halides is 3. The first-order valence-corrected chi connectivity index (χ1v) is 13.3. The van der Waals surface area contributed by atoms with Crippen molar-refractivity contribution in [1.82, 2.24) is 14.6 Å². The molecule has 7 nitrogen and oxygen atoms in total. The van der Waals surface area contributed by atoms with Crippen LogP contribution in [0.3, 0.4) is 0 Å². The van der Waals surface area contributed by atoms with Gasteiger partial charge in [-0.2, -0.15) is 18.3 Å². The Balaban J connectivity index is 1.57. The molecule has 1 aromatic carbocycles. The van der Waals surface area contributed by atoms with Crippen molar-refractivity contribution in [3.05, 3.63) is 69.9 Å². The predicted molar refractivity (Wildman–Crippen MR) is 142 cm³/mol. The fourth-order valence-electron chi connectivity index (χ4n) is 4.98. The Morgan fingerprint density at radius 3 is 2.51 bits per heavy atom. The molecule has 1 N–H and O–H groups in total. The average molecular weight is 557 g/mol. The van der Waals surface area contributed by atoms with Gasteiger partial charge >= 0.3 is 12.1 Å². The molecule has 204 valence electrons. The van der Waals surface area contributed by atoms with Crippen LogP contribution in [0.5, 0.6) is 0 Å². The van der Waals surface area contributed by atoms with Crippen molar-refractivity contribution >= 4 is 33.9 Å². The van der Waals surface area contributed by atoms with E-state index in [0.717, 1.165) is 35.5 Å². The molecule has 0 unspecified atom stereocenters. The monoisotopic (exact) mass is 556 g/mol. The maximum absolute atomic E-state index is 14.0. The number of benzene rings is 1. The first-order valence-electron chi connectivity index (χ1n) is 12.4. The number of nitrogens with zero attached hydrogens (tertiary/aromatic N) is 3. The van der Waals surface area contributed by atoms with Gasteiger partial charge in [-0.25, -0.2) is 14.3 Å². The maximum Gasteiger partial charge on any atom is 0.433 e. The van der Waals surface area contributed by atoms with Gasteiger partial charge in [-0.1, -0.05) is 51.1 Å². The molecule has 0 bridgehead atoms. The molecule has 0 spiro atoms. The Labute approximate surface area is 227 Å². The van der Waals surface area contributed by atoms with Crippen LogP contribution in [0.25, 0.3) is 16.9 Å². The minimum atomic E-state index is -4.74. The van der Waals surface area contributed by atoms with Gasteiger partial charge in [0, 0.05) is 10.4 Å². The van der Waals surface area contributed by atoms with E-state index in [0.29, 0.717) is 33.0 Å². The fourth-order valence-corrected chi connectivity index (χ4v) is 6.29. The van der Waals surface area contributed by atoms with Gasteiger partial charge in [0.2, 0.25) is 0 Å². The number of thiophene rings is 1. The van der Waals surface area contributed by atoms with E-state index in [-0.39, 0.29) is 22.3 Å². The summed E-state index contributed by atoms with van der Waals surface area (Å²) in [7, 11) is 1.28. The number of ether oxygens (including phenoxy) is 1. The van der Waals surface area contributed by atoms with Crippen LogP contribution in [0.2, 0.25) is 0 Å². The molecular weight excluding hydrogens is 529 g/mol. The Morgan fingerprint density at radius 1 is 1.15 bits per heavy atom. The molecule has 1 aliphatic carbocycles. The number of fused-ring (bicyclic) bond motifs is 2. The number of carbonyl (C=O) groups excluding carboxylic acids is 2. The topological polar surface area (TPSA) is 85.6 Å². The van der Waals surface area contributed by atoms with Crippen molar-refractivity contribution in [3.63, 3.8) is 0 Å². The summed E-state index contributed by atoms with van der Waals surface area (Å²) < 4.78 is 47.5. The lowest BCUT2D eigenvalue weighted by Crippen LogP contribution is -2.26. The third kappa shape index (κ3) is 5.03. The zero-order chi connectivity index (χ0) is 28.1. The number of esters is 1. The fraction of sp³-hybridized carbons (Fsp3) is 0.357. The zero-order valence-corrected chi connectivity index (χ0v) is 22.7. The van der Waals surface area contributed by atoms with Crippen LogP contribution in [0.15, 0.2) is 42.6 Å². The second-order valence-corrected chi connectivity index (χ2v) is 11.7. The summed E-state index contributed by atoms with van der Waals surface area (Å²) in [6.45, 7) is 6.53. The SMILES string of the molecule is COC(=O)c1c(NC(=O)c2cnn3c(C(F)(F)F)cc(-c4ccccc4)nc23)sc2c1CC[C@@H](C(C)(C)C)C2. The van der Waals surface area contributed by atoms with Crippen molar-refractivity contribution < 1.29 is 27.5 Å². The summed E-state index contributed by atoms with van der Waals surface area (Å²) >= 11 is 1.30. The van der Waals surface area contributed by atoms with Gasteiger partial charge in [0.15, 0.2) is 11.3 Å². The summed E-state index contributed by atoms with van der Waals surface area (Å²) in [4.78, 5) is 31.6. The molecule has 5 rings (SSSR count). The third-order valence-corrected chi connectivity index (χ3v) is 8.35. The van der Waals surface area contributed by atoms with Crippen LogP contribution in [-0.4, -0.2) is 33.6 Å². The second kappa shape index (κ2) is 9.78. The van der Waals surface area contributed by atoms with E-state index in [4.69, 9.17) is 4.74 Å². The Bertz CT molecular complexity index is 1570. The molecule has 1 aliphatic rings. The van der Waals surface area contributed by atoms with E-state index in [1.807, 2.05) is 0 Å². The molecule has 3 heterocycles. The number of methoxy groups -OCH3 is 1. The number of nitrogens with one attached hydrogen (secondary N) is 1. The van der Waals surface area contributed by atoms with Crippen LogP contribution in [-0.2, 0) is 23.8 Å². The van der Waals surface area contributed by atoms with Crippen LogP contribution in [0.1, 0.15) is 64.0 Å². The number of aromatic nitrogens is 3. The number of hydrogen-bond acceptors (Lipinski definition) is 6. The normalized spacial score (nSPS) is 15.7. The van der Waals surface area contributed by atoms with Crippen LogP contribution in [0, 0.1) is 11.3 Å². The highest BCUT2D eigenvalue weighted by Crippen LogP contribution is 2.44. The van der Waals surface area contributed by atoms with Gasteiger partial charge in [-0.3, -0.25) is 4.79 Å². The number of rotatable bonds is 4. The molecule has 39 heavy (non-hydrogen) atoms. The molecule has 11 heteroatoms. The quantitative estimate of drug-likeness (QED) is 0.284. The van der Waals surface area contributed by atoms with Crippen molar-refractivity contribution in [2.75, 3.05) is 12.4 Å². The lowest BCUT2D eigenvalue weighted by molar-refractivity contribution is -0.142. The molecule has 0 aliphatic heterocycles. The van der Waals surface area contributed by atoms with E-state index in [1.165, 1.54) is 18.4 Å². The van der Waals surface area contributed by atoms with Gasteiger partial charge in [-0.15, -0.1) is 11.3 Å². The zero-order valence-electron chi connectivity index (χ0n) is 21.8. The molecule has 3 aromatic heterocycles. The van der Waals surface area contributed by atoms with Gasteiger partial charge in [-0.05, 0) is 42.2 Å². The third-order valence-electron chi connectivity index (χ3n) is 7.18. The Morgan fingerprint density at radius 2 is 1.87 bits per heavy atom. The van der Waals surface area contributed by atoms with E-state index in [2.05, 4.69) is 36.2 Å². The lowest BCUT2D eigenvalue weighted by atomic mass is 9.72. The van der Waals surface area contributed by atoms with Crippen LogP contribution >= 0.6 is 11.3 Å². The molecule has 0 saturated heterocycles. The van der Waals surface area contributed by atoms with Gasteiger partial charge in [0.05, 0.1) is 24.6 Å². The molecular formula is C28H27F3N4O3S. The van der Waals surface area contributed by atoms with Crippen molar-refractivity contribution in [2.45, 2.75) is 46.2 Å². The largest absolute Gasteiger partial charge is 0.465 e. The summed E-state index contributed by atoms with van der Waals surface area (Å²) in [5.74, 6) is -0.883. The minimum absolute atomic E-state index is 0.0556. The van der Waals surface area contributed by atoms with E-state index >= 15 is 0 Å². The first-order chi connectivity index (χ1) is 18.4. The van der Waals surface area contributed by atoms with E-state index in [1.54, 1.807) is 30.3 Å². The van der Waals surface area contributed by atoms with E-state index < -0.39 is 23.7 Å². The van der Waals surface area contributed by atoms with E-state index in [9.17, 15) is 22.8 Å². The predicted octanol–water partition coefficient (Wildman–Crippen LogP) is 6.67. The second-order valence-electron chi connectivity index (χ2n) is 10.6. The summed E-state index contributed by atoms with van der Waals surface area (Å²) in [6.07, 6.45) is -1.36. The highest BCUT2D eigenvalue weighted by molar-refractivity contribution is 7.17. The van der Waals surface area contributed by atoms with Crippen molar-refractivity contribution in [2.24, 2.45) is 11.3 Å². The maximum atomic E-state index is 14.0. The first kappa shape index (κ1) is 26.9. The molecule has 0 fully saturated rings. The average Bonchev–Trinajstić information content (AvgIpc) is 3.47. The van der Waals surface area contributed by atoms with Gasteiger partial charge < -0.3 is 10.1 Å². The molecule has 1 atom stereocenters. The van der Waals surface area contributed by atoms with Crippen molar-refractivity contribution in [1.29, 1.82) is 0 Å². The summed E-state index contributed by atoms with van der Waals surface area (Å²) in [6, 6.07) is 9.31. The molecule has 1 amide bonds. The number of anilines is 1. The van der Waals surface area contributed by atoms with Gasteiger partial charge in [0.25, 0.3) is 5.91 Å². The Hall–Kier alpha value is -3.73.